The molecule has 0 aromatic carbocycles. The average Bonchev–Trinajstić information content (AvgIpc) is 3.02. The Morgan fingerprint density at radius 3 is 2.54 bits per heavy atom. The van der Waals surface area contributed by atoms with Crippen LogP contribution in [-0.2, 0) is 0 Å². The van der Waals surface area contributed by atoms with Crippen molar-refractivity contribution in [1.82, 2.24) is 25.2 Å². The molecule has 0 bridgehead atoms. The maximum Gasteiger partial charge on any atom is 0.291 e. The molecule has 0 aliphatic carbocycles. The van der Waals surface area contributed by atoms with Crippen LogP contribution in [-0.4, -0.2) is 31.5 Å². The summed E-state index contributed by atoms with van der Waals surface area (Å²) in [6.07, 6.45) is 3.26. The van der Waals surface area contributed by atoms with Gasteiger partial charge >= 0.3 is 0 Å². The molecule has 3 rings (SSSR count). The summed E-state index contributed by atoms with van der Waals surface area (Å²) in [5.41, 5.74) is 9.64. The molecule has 0 radical (unpaired) electrons. The number of nitrogens with one attached hydrogen (secondary N) is 1. The Labute approximate surface area is 138 Å². The van der Waals surface area contributed by atoms with Gasteiger partial charge in [0.2, 0.25) is 0 Å². The van der Waals surface area contributed by atoms with Crippen molar-refractivity contribution in [2.45, 2.75) is 6.92 Å². The smallest absolute Gasteiger partial charge is 0.291 e. The molecular weight excluding hydrogens is 306 g/mol. The van der Waals surface area contributed by atoms with E-state index in [4.69, 9.17) is 5.73 Å². The lowest BCUT2D eigenvalue weighted by Crippen LogP contribution is -2.25. The van der Waals surface area contributed by atoms with Crippen molar-refractivity contribution in [3.63, 3.8) is 0 Å². The van der Waals surface area contributed by atoms with Gasteiger partial charge in [-0.05, 0) is 37.3 Å². The van der Waals surface area contributed by atoms with E-state index in [-0.39, 0.29) is 11.5 Å². The van der Waals surface area contributed by atoms with Gasteiger partial charge in [0.1, 0.15) is 5.69 Å². The topological polar surface area (TPSA) is 111 Å². The molecule has 3 heterocycles. The predicted octanol–water partition coefficient (Wildman–Crippen LogP) is 1.02. The van der Waals surface area contributed by atoms with E-state index in [1.54, 1.807) is 47.4 Å². The van der Waals surface area contributed by atoms with E-state index in [9.17, 15) is 4.79 Å². The highest BCUT2D eigenvalue weighted by Crippen LogP contribution is 2.09. The highest BCUT2D eigenvalue weighted by atomic mass is 16.2. The molecule has 0 atom stereocenters. The zero-order chi connectivity index (χ0) is 16.9. The molecule has 24 heavy (non-hydrogen) atoms. The Balaban J connectivity index is 1.77. The van der Waals surface area contributed by atoms with Crippen molar-refractivity contribution in [2.24, 2.45) is 10.8 Å². The summed E-state index contributed by atoms with van der Waals surface area (Å²) < 4.78 is 1.58. The molecule has 0 fully saturated rings. The van der Waals surface area contributed by atoms with Crippen LogP contribution in [0.2, 0.25) is 0 Å². The van der Waals surface area contributed by atoms with Crippen LogP contribution in [0, 0.1) is 6.92 Å². The molecule has 0 spiro atoms. The van der Waals surface area contributed by atoms with Crippen LogP contribution in [0.3, 0.4) is 0 Å². The summed E-state index contributed by atoms with van der Waals surface area (Å²) in [5, 5.41) is 8.10. The lowest BCUT2D eigenvalue weighted by atomic mass is 10.3. The Morgan fingerprint density at radius 2 is 1.88 bits per heavy atom. The summed E-state index contributed by atoms with van der Waals surface area (Å²) >= 11 is 0. The second kappa shape index (κ2) is 6.69. The van der Waals surface area contributed by atoms with Gasteiger partial charge in [0, 0.05) is 18.1 Å². The quantitative estimate of drug-likeness (QED) is 0.423. The van der Waals surface area contributed by atoms with Gasteiger partial charge in [0.15, 0.2) is 17.3 Å². The van der Waals surface area contributed by atoms with Crippen molar-refractivity contribution < 1.29 is 4.79 Å². The number of carbonyl (C=O) groups excluding carboxylic acids is 1. The fraction of sp³-hybridized carbons (Fsp3) is 0.0625. The van der Waals surface area contributed by atoms with Gasteiger partial charge in [-0.25, -0.2) is 15.1 Å². The van der Waals surface area contributed by atoms with Crippen molar-refractivity contribution >= 4 is 11.7 Å². The number of carbonyl (C=O) groups is 1. The number of nitrogens with two attached hydrogens (primary N) is 1. The molecule has 0 saturated carbocycles. The third-order valence-corrected chi connectivity index (χ3v) is 3.19. The molecule has 0 saturated heterocycles. The summed E-state index contributed by atoms with van der Waals surface area (Å²) in [6.45, 7) is 1.84. The SMILES string of the molecule is Cc1cc(C(=O)N/N=C(\N)c2ccccn2)nn1-c1ccccn1. The van der Waals surface area contributed by atoms with Crippen LogP contribution in [0.1, 0.15) is 21.9 Å². The number of rotatable bonds is 4. The zero-order valence-corrected chi connectivity index (χ0v) is 12.9. The van der Waals surface area contributed by atoms with E-state index in [1.165, 1.54) is 0 Å². The molecule has 0 unspecified atom stereocenters. The van der Waals surface area contributed by atoms with E-state index in [0.29, 0.717) is 11.5 Å². The van der Waals surface area contributed by atoms with E-state index < -0.39 is 5.91 Å². The highest BCUT2D eigenvalue weighted by Gasteiger charge is 2.13. The van der Waals surface area contributed by atoms with Gasteiger partial charge in [-0.1, -0.05) is 12.1 Å². The highest BCUT2D eigenvalue weighted by molar-refractivity contribution is 5.98. The number of hydrazone groups is 1. The lowest BCUT2D eigenvalue weighted by molar-refractivity contribution is 0.0949. The Morgan fingerprint density at radius 1 is 1.12 bits per heavy atom. The molecule has 3 N–H and O–H groups in total. The van der Waals surface area contributed by atoms with Crippen LogP contribution in [0.25, 0.3) is 5.82 Å². The normalized spacial score (nSPS) is 11.3. The average molecular weight is 321 g/mol. The Kier molecular flexibility index (Phi) is 4.28. The fourth-order valence-electron chi connectivity index (χ4n) is 2.04. The van der Waals surface area contributed by atoms with Crippen molar-refractivity contribution in [3.8, 4) is 5.82 Å². The third-order valence-electron chi connectivity index (χ3n) is 3.19. The van der Waals surface area contributed by atoms with Gasteiger partial charge in [-0.15, -0.1) is 0 Å². The number of nitrogens with zero attached hydrogens (tertiary/aromatic N) is 5. The first-order chi connectivity index (χ1) is 11.6. The minimum absolute atomic E-state index is 0.116. The van der Waals surface area contributed by atoms with Crippen LogP contribution >= 0.6 is 0 Å². The summed E-state index contributed by atoms with van der Waals surface area (Å²) in [6, 6.07) is 12.4. The first-order valence-corrected chi connectivity index (χ1v) is 7.18. The first-order valence-electron chi connectivity index (χ1n) is 7.18. The van der Waals surface area contributed by atoms with Crippen LogP contribution in [0.5, 0.6) is 0 Å². The Bertz CT molecular complexity index is 872. The molecule has 8 nitrogen and oxygen atoms in total. The van der Waals surface area contributed by atoms with Crippen LogP contribution in [0.15, 0.2) is 60.0 Å². The van der Waals surface area contributed by atoms with Gasteiger partial charge < -0.3 is 5.73 Å². The molecule has 3 aromatic heterocycles. The van der Waals surface area contributed by atoms with Crippen molar-refractivity contribution in [2.75, 3.05) is 0 Å². The summed E-state index contributed by atoms with van der Waals surface area (Å²) in [4.78, 5) is 20.4. The molecule has 0 aliphatic rings. The number of pyridine rings is 2. The van der Waals surface area contributed by atoms with Gasteiger partial charge in [-0.3, -0.25) is 9.78 Å². The monoisotopic (exact) mass is 321 g/mol. The van der Waals surface area contributed by atoms with Crippen molar-refractivity contribution in [1.29, 1.82) is 0 Å². The number of amides is 1. The summed E-state index contributed by atoms with van der Waals surface area (Å²) in [7, 11) is 0. The van der Waals surface area contributed by atoms with E-state index in [0.717, 1.165) is 5.69 Å². The van der Waals surface area contributed by atoms with E-state index in [2.05, 4.69) is 25.6 Å². The van der Waals surface area contributed by atoms with Gasteiger partial charge in [0.25, 0.3) is 5.91 Å². The number of hydrogen-bond acceptors (Lipinski definition) is 5. The van der Waals surface area contributed by atoms with Crippen LogP contribution < -0.4 is 11.2 Å². The molecule has 8 heteroatoms. The fourth-order valence-corrected chi connectivity index (χ4v) is 2.04. The maximum absolute atomic E-state index is 12.2. The number of aryl methyl sites for hydroxylation is 1. The first kappa shape index (κ1) is 15.3. The van der Waals surface area contributed by atoms with E-state index >= 15 is 0 Å². The number of hydrogen-bond donors (Lipinski definition) is 2. The molecule has 120 valence electrons. The molecular formula is C16H15N7O. The second-order valence-electron chi connectivity index (χ2n) is 4.92. The minimum atomic E-state index is -0.466. The molecule has 1 amide bonds. The third kappa shape index (κ3) is 3.27. The largest absolute Gasteiger partial charge is 0.380 e. The Hall–Kier alpha value is -3.55. The lowest BCUT2D eigenvalue weighted by Gasteiger charge is -2.02. The minimum Gasteiger partial charge on any atom is -0.380 e. The predicted molar refractivity (Wildman–Crippen MR) is 88.5 cm³/mol. The second-order valence-corrected chi connectivity index (χ2v) is 4.92. The maximum atomic E-state index is 12.2. The van der Waals surface area contributed by atoms with Crippen molar-refractivity contribution in [3.05, 3.63) is 71.9 Å². The number of amidine groups is 1. The van der Waals surface area contributed by atoms with Gasteiger partial charge in [-0.2, -0.15) is 10.2 Å². The van der Waals surface area contributed by atoms with Gasteiger partial charge in [0.05, 0.1) is 0 Å². The standard InChI is InChI=1S/C16H15N7O/c1-11-10-13(22-23(11)14-7-3-5-9-19-14)16(24)21-20-15(17)12-6-2-4-8-18-12/h2-10H,1H3,(H2,17,20)(H,21,24). The number of aromatic nitrogens is 4. The summed E-state index contributed by atoms with van der Waals surface area (Å²) in [5.74, 6) is 0.280. The van der Waals surface area contributed by atoms with E-state index in [1.807, 2.05) is 19.1 Å². The molecule has 3 aromatic rings. The zero-order valence-electron chi connectivity index (χ0n) is 12.9. The molecule has 0 aliphatic heterocycles. The van der Waals surface area contributed by atoms with Crippen LogP contribution in [0.4, 0.5) is 0 Å².